The number of carbonyl (C=O) groups excluding carboxylic acids is 1. The molecule has 2 aliphatic heterocycles. The highest BCUT2D eigenvalue weighted by Crippen LogP contribution is 2.36. The van der Waals surface area contributed by atoms with Crippen molar-refractivity contribution in [2.24, 2.45) is 5.92 Å². The molecule has 4 heteroatoms. The largest absolute Gasteiger partial charge is 0.304 e. The van der Waals surface area contributed by atoms with E-state index in [2.05, 4.69) is 60.1 Å². The average molecular weight is 446 g/mol. The molecule has 33 heavy (non-hydrogen) atoms. The van der Waals surface area contributed by atoms with Gasteiger partial charge in [0.2, 0.25) is 5.91 Å². The molecule has 2 heterocycles. The van der Waals surface area contributed by atoms with Gasteiger partial charge in [-0.25, -0.2) is 0 Å². The van der Waals surface area contributed by atoms with E-state index in [0.29, 0.717) is 6.54 Å². The first-order chi connectivity index (χ1) is 16.2. The first-order valence-electron chi connectivity index (χ1n) is 12.8. The quantitative estimate of drug-likeness (QED) is 0.439. The third-order valence-electron chi connectivity index (χ3n) is 7.34. The molecule has 2 aromatic rings. The summed E-state index contributed by atoms with van der Waals surface area (Å²) in [4.78, 5) is 20.4. The van der Waals surface area contributed by atoms with Crippen LogP contribution in [0.4, 0.5) is 11.4 Å². The number of amides is 1. The summed E-state index contributed by atoms with van der Waals surface area (Å²) in [6.07, 6.45) is 10.6. The molecule has 1 amide bonds. The maximum atomic E-state index is 13.6. The molecule has 4 nitrogen and oxygen atoms in total. The highest BCUT2D eigenvalue weighted by atomic mass is 16.2. The van der Waals surface area contributed by atoms with Crippen molar-refractivity contribution in [2.45, 2.75) is 46.0 Å². The average Bonchev–Trinajstić information content (AvgIpc) is 3.02. The topological polar surface area (TPSA) is 26.8 Å². The van der Waals surface area contributed by atoms with Gasteiger partial charge in [-0.15, -0.1) is 0 Å². The standard InChI is InChI=1S/C29H39N3O/c1-3-30(4-2)20-10-9-11-24-18-21-31(22-19-24)23-29(33)32-27-14-7-5-12-25(27)16-17-26-13-6-8-15-28(26)32/h5-8,12-17,24H,3-4,9-11,18-23H2,1-2H3. The van der Waals surface area contributed by atoms with Crippen LogP contribution in [0.2, 0.25) is 0 Å². The zero-order valence-electron chi connectivity index (χ0n) is 20.4. The molecule has 0 atom stereocenters. The number of piperidine rings is 1. The van der Waals surface area contributed by atoms with Crippen LogP contribution in [-0.4, -0.2) is 55.0 Å². The van der Waals surface area contributed by atoms with E-state index >= 15 is 0 Å². The summed E-state index contributed by atoms with van der Waals surface area (Å²) in [7, 11) is 0. The number of benzene rings is 2. The minimum atomic E-state index is 0.163. The summed E-state index contributed by atoms with van der Waals surface area (Å²) < 4.78 is 0. The fourth-order valence-electron chi connectivity index (χ4n) is 5.25. The molecule has 2 aromatic carbocycles. The van der Waals surface area contributed by atoms with Crippen LogP contribution in [0, 0.1) is 5.92 Å². The van der Waals surface area contributed by atoms with Crippen molar-refractivity contribution in [2.75, 3.05) is 44.2 Å². The smallest absolute Gasteiger partial charge is 0.245 e. The molecule has 1 fully saturated rings. The highest BCUT2D eigenvalue weighted by Gasteiger charge is 2.27. The van der Waals surface area contributed by atoms with Gasteiger partial charge in [0.15, 0.2) is 0 Å². The molecule has 0 aliphatic carbocycles. The van der Waals surface area contributed by atoms with Crippen LogP contribution >= 0.6 is 0 Å². The third-order valence-corrected chi connectivity index (χ3v) is 7.34. The molecule has 0 radical (unpaired) electrons. The van der Waals surface area contributed by atoms with Crippen molar-refractivity contribution in [3.63, 3.8) is 0 Å². The zero-order valence-corrected chi connectivity index (χ0v) is 20.4. The second kappa shape index (κ2) is 11.6. The Hall–Kier alpha value is -2.43. The Morgan fingerprint density at radius 1 is 0.879 bits per heavy atom. The van der Waals surface area contributed by atoms with Gasteiger partial charge < -0.3 is 4.90 Å². The van der Waals surface area contributed by atoms with Crippen LogP contribution in [0.5, 0.6) is 0 Å². The van der Waals surface area contributed by atoms with Crippen molar-refractivity contribution in [1.82, 2.24) is 9.80 Å². The minimum absolute atomic E-state index is 0.163. The van der Waals surface area contributed by atoms with E-state index in [4.69, 9.17) is 0 Å². The van der Waals surface area contributed by atoms with E-state index in [-0.39, 0.29) is 5.91 Å². The van der Waals surface area contributed by atoms with Gasteiger partial charge in [-0.2, -0.15) is 0 Å². The normalized spacial score (nSPS) is 16.5. The van der Waals surface area contributed by atoms with Gasteiger partial charge >= 0.3 is 0 Å². The van der Waals surface area contributed by atoms with Gasteiger partial charge in [-0.05, 0) is 81.2 Å². The van der Waals surface area contributed by atoms with Crippen LogP contribution in [0.15, 0.2) is 48.5 Å². The molecular formula is C29H39N3O. The fourth-order valence-corrected chi connectivity index (χ4v) is 5.25. The van der Waals surface area contributed by atoms with Crippen LogP contribution in [0.25, 0.3) is 12.2 Å². The Balaban J connectivity index is 1.33. The molecule has 0 N–H and O–H groups in total. The molecule has 1 saturated heterocycles. The minimum Gasteiger partial charge on any atom is -0.304 e. The van der Waals surface area contributed by atoms with Gasteiger partial charge in [0.25, 0.3) is 0 Å². The molecule has 176 valence electrons. The summed E-state index contributed by atoms with van der Waals surface area (Å²) in [5, 5.41) is 0. The maximum absolute atomic E-state index is 13.6. The Morgan fingerprint density at radius 3 is 2.03 bits per heavy atom. The first kappa shape index (κ1) is 23.7. The number of unbranched alkanes of at least 4 members (excludes halogenated alkanes) is 1. The SMILES string of the molecule is CCN(CC)CCCCC1CCN(CC(=O)N2c3ccccc3C=Cc3ccccc32)CC1. The second-order valence-corrected chi connectivity index (χ2v) is 9.42. The number of hydrogen-bond acceptors (Lipinski definition) is 3. The lowest BCUT2D eigenvalue weighted by Crippen LogP contribution is -2.42. The van der Waals surface area contributed by atoms with Crippen molar-refractivity contribution in [3.05, 3.63) is 59.7 Å². The molecule has 0 spiro atoms. The second-order valence-electron chi connectivity index (χ2n) is 9.42. The first-order valence-corrected chi connectivity index (χ1v) is 12.8. The Labute approximate surface area is 199 Å². The molecule has 0 saturated carbocycles. The maximum Gasteiger partial charge on any atom is 0.245 e. The van der Waals surface area contributed by atoms with Crippen LogP contribution < -0.4 is 4.90 Å². The van der Waals surface area contributed by atoms with Crippen molar-refractivity contribution in [1.29, 1.82) is 0 Å². The van der Waals surface area contributed by atoms with E-state index in [9.17, 15) is 4.79 Å². The van der Waals surface area contributed by atoms with Crippen LogP contribution in [0.1, 0.15) is 57.1 Å². The summed E-state index contributed by atoms with van der Waals surface area (Å²) in [5.74, 6) is 0.980. The molecule has 2 aliphatic rings. The molecule has 0 aromatic heterocycles. The zero-order chi connectivity index (χ0) is 23.0. The molecular weight excluding hydrogens is 406 g/mol. The summed E-state index contributed by atoms with van der Waals surface area (Å²) in [6.45, 7) is 10.6. The van der Waals surface area contributed by atoms with Gasteiger partial charge in [0.1, 0.15) is 0 Å². The number of nitrogens with zero attached hydrogens (tertiary/aromatic N) is 3. The predicted octanol–water partition coefficient (Wildman–Crippen LogP) is 6.06. The Kier molecular flexibility index (Phi) is 8.35. The van der Waals surface area contributed by atoms with Crippen LogP contribution in [0.3, 0.4) is 0 Å². The number of carbonyl (C=O) groups is 1. The number of hydrogen-bond donors (Lipinski definition) is 0. The lowest BCUT2D eigenvalue weighted by atomic mass is 9.91. The van der Waals surface area contributed by atoms with Gasteiger partial charge in [0.05, 0.1) is 17.9 Å². The lowest BCUT2D eigenvalue weighted by molar-refractivity contribution is -0.119. The Morgan fingerprint density at radius 2 is 1.45 bits per heavy atom. The Bertz CT molecular complexity index is 892. The van der Waals surface area contributed by atoms with Crippen molar-refractivity contribution in [3.8, 4) is 0 Å². The van der Waals surface area contributed by atoms with E-state index in [1.165, 1.54) is 38.6 Å². The van der Waals surface area contributed by atoms with Gasteiger partial charge in [0, 0.05) is 0 Å². The molecule has 4 rings (SSSR count). The predicted molar refractivity (Wildman–Crippen MR) is 140 cm³/mol. The van der Waals surface area contributed by atoms with E-state index in [1.54, 1.807) is 0 Å². The van der Waals surface area contributed by atoms with E-state index < -0.39 is 0 Å². The summed E-state index contributed by atoms with van der Waals surface area (Å²) in [5.41, 5.74) is 4.13. The third kappa shape index (κ3) is 5.93. The van der Waals surface area contributed by atoms with Crippen LogP contribution in [-0.2, 0) is 4.79 Å². The van der Waals surface area contributed by atoms with E-state index in [0.717, 1.165) is 54.6 Å². The number of para-hydroxylation sites is 2. The highest BCUT2D eigenvalue weighted by molar-refractivity contribution is 6.07. The summed E-state index contributed by atoms with van der Waals surface area (Å²) in [6, 6.07) is 16.4. The monoisotopic (exact) mass is 445 g/mol. The summed E-state index contributed by atoms with van der Waals surface area (Å²) >= 11 is 0. The lowest BCUT2D eigenvalue weighted by Gasteiger charge is -2.33. The number of rotatable bonds is 9. The van der Waals surface area contributed by atoms with Gasteiger partial charge in [-0.1, -0.05) is 75.2 Å². The number of anilines is 2. The fraction of sp³-hybridized carbons (Fsp3) is 0.483. The number of likely N-dealkylation sites (tertiary alicyclic amines) is 1. The molecule has 0 unspecified atom stereocenters. The van der Waals surface area contributed by atoms with Crippen molar-refractivity contribution >= 4 is 29.4 Å². The molecule has 0 bridgehead atoms. The van der Waals surface area contributed by atoms with Crippen molar-refractivity contribution < 1.29 is 4.79 Å². The van der Waals surface area contributed by atoms with E-state index in [1.807, 2.05) is 29.2 Å². The number of fused-ring (bicyclic) bond motifs is 2. The van der Waals surface area contributed by atoms with Gasteiger partial charge in [-0.3, -0.25) is 14.6 Å².